The Morgan fingerprint density at radius 3 is 2.59 bits per heavy atom. The van der Waals surface area contributed by atoms with Crippen LogP contribution in [0.2, 0.25) is 0 Å². The number of nitrogens with zero attached hydrogens (tertiary/aromatic N) is 3. The monoisotopic (exact) mass is 309 g/mol. The van der Waals surface area contributed by atoms with Crippen molar-refractivity contribution in [2.45, 2.75) is 0 Å². The van der Waals surface area contributed by atoms with Crippen molar-refractivity contribution in [2.24, 2.45) is 0 Å². The van der Waals surface area contributed by atoms with Gasteiger partial charge < -0.3 is 0 Å². The third-order valence-electron chi connectivity index (χ3n) is 2.12. The highest BCUT2D eigenvalue weighted by atomic mass is 79.9. The first-order valence-corrected chi connectivity index (χ1v) is 6.00. The van der Waals surface area contributed by atoms with Crippen LogP contribution in [0.25, 0.3) is 11.1 Å². The Bertz CT molecular complexity index is 615. The number of non-ortho nitro benzene ring substituents is 1. The zero-order chi connectivity index (χ0) is 12.4. The van der Waals surface area contributed by atoms with E-state index in [1.807, 2.05) is 6.07 Å². The second-order valence-electron chi connectivity index (χ2n) is 3.09. The molecule has 17 heavy (non-hydrogen) atoms. The van der Waals surface area contributed by atoms with Gasteiger partial charge in [-0.05, 0) is 45.2 Å². The summed E-state index contributed by atoms with van der Waals surface area (Å²) in [5.41, 5.74) is 1.42. The third kappa shape index (κ3) is 2.18. The molecule has 1 aromatic carbocycles. The number of aromatic nitrogens is 1. The topological polar surface area (TPSA) is 79.8 Å². The Labute approximate surface area is 109 Å². The van der Waals surface area contributed by atoms with Crippen molar-refractivity contribution in [1.29, 1.82) is 5.26 Å². The molecule has 2 rings (SSSR count). The van der Waals surface area contributed by atoms with Gasteiger partial charge in [0.05, 0.1) is 4.92 Å². The zero-order valence-corrected chi connectivity index (χ0v) is 10.7. The largest absolute Gasteiger partial charge is 0.269 e. The number of benzene rings is 1. The van der Waals surface area contributed by atoms with E-state index in [1.54, 1.807) is 12.1 Å². The van der Waals surface area contributed by atoms with Crippen LogP contribution < -0.4 is 0 Å². The molecule has 0 spiro atoms. The van der Waals surface area contributed by atoms with Gasteiger partial charge >= 0.3 is 0 Å². The van der Waals surface area contributed by atoms with Gasteiger partial charge in [0, 0.05) is 17.7 Å². The maximum absolute atomic E-state index is 10.5. The van der Waals surface area contributed by atoms with Gasteiger partial charge in [-0.1, -0.05) is 0 Å². The highest BCUT2D eigenvalue weighted by Crippen LogP contribution is 2.34. The molecule has 7 heteroatoms. The minimum absolute atomic E-state index is 0.0200. The molecule has 1 heterocycles. The SMILES string of the molecule is N#Cc1snc(Br)c1-c1ccc([N+](=O)[O-])cc1. The molecule has 1 aromatic heterocycles. The van der Waals surface area contributed by atoms with Crippen LogP contribution in [0.15, 0.2) is 28.9 Å². The molecular formula is C10H4BrN3O2S. The van der Waals surface area contributed by atoms with Crippen LogP contribution in [0.5, 0.6) is 0 Å². The van der Waals surface area contributed by atoms with Gasteiger partial charge in [0.25, 0.3) is 5.69 Å². The second-order valence-corrected chi connectivity index (χ2v) is 4.62. The van der Waals surface area contributed by atoms with Gasteiger partial charge in [0.2, 0.25) is 0 Å². The van der Waals surface area contributed by atoms with Crippen molar-refractivity contribution in [2.75, 3.05) is 0 Å². The van der Waals surface area contributed by atoms with Crippen molar-refractivity contribution in [3.63, 3.8) is 0 Å². The van der Waals surface area contributed by atoms with E-state index in [9.17, 15) is 10.1 Å². The fourth-order valence-electron chi connectivity index (χ4n) is 1.35. The summed E-state index contributed by atoms with van der Waals surface area (Å²) in [6.07, 6.45) is 0. The van der Waals surface area contributed by atoms with E-state index >= 15 is 0 Å². The van der Waals surface area contributed by atoms with Gasteiger partial charge in [-0.15, -0.1) is 0 Å². The lowest BCUT2D eigenvalue weighted by molar-refractivity contribution is -0.384. The highest BCUT2D eigenvalue weighted by molar-refractivity contribution is 9.10. The van der Waals surface area contributed by atoms with Crippen LogP contribution >= 0.6 is 27.5 Å². The molecule has 0 aliphatic heterocycles. The smallest absolute Gasteiger partial charge is 0.258 e. The zero-order valence-electron chi connectivity index (χ0n) is 8.25. The van der Waals surface area contributed by atoms with Crippen molar-refractivity contribution < 1.29 is 4.92 Å². The Morgan fingerprint density at radius 2 is 2.06 bits per heavy atom. The molecule has 0 amide bonds. The Balaban J connectivity index is 2.51. The molecule has 84 valence electrons. The molecule has 2 aromatic rings. The number of nitro benzene ring substituents is 1. The molecule has 0 aliphatic carbocycles. The predicted molar refractivity (Wildman–Crippen MR) is 66.6 cm³/mol. The van der Waals surface area contributed by atoms with Crippen LogP contribution in [-0.4, -0.2) is 9.30 Å². The molecule has 0 aliphatic rings. The first-order valence-electron chi connectivity index (χ1n) is 4.43. The first kappa shape index (κ1) is 11.7. The third-order valence-corrected chi connectivity index (χ3v) is 3.68. The number of hydrogen-bond acceptors (Lipinski definition) is 5. The summed E-state index contributed by atoms with van der Waals surface area (Å²) >= 11 is 4.35. The summed E-state index contributed by atoms with van der Waals surface area (Å²) < 4.78 is 4.60. The van der Waals surface area contributed by atoms with E-state index in [1.165, 1.54) is 12.1 Å². The maximum Gasteiger partial charge on any atom is 0.269 e. The van der Waals surface area contributed by atoms with E-state index in [4.69, 9.17) is 5.26 Å². The number of nitro groups is 1. The lowest BCUT2D eigenvalue weighted by atomic mass is 10.1. The first-order chi connectivity index (χ1) is 8.13. The fraction of sp³-hybridized carbons (Fsp3) is 0. The number of rotatable bonds is 2. The molecular weight excluding hydrogens is 306 g/mol. The minimum atomic E-state index is -0.462. The van der Waals surface area contributed by atoms with Gasteiger partial charge in [0.1, 0.15) is 15.5 Å². The quantitative estimate of drug-likeness (QED) is 0.629. The van der Waals surface area contributed by atoms with E-state index in [-0.39, 0.29) is 5.69 Å². The highest BCUT2D eigenvalue weighted by Gasteiger charge is 2.14. The molecule has 0 N–H and O–H groups in total. The van der Waals surface area contributed by atoms with E-state index < -0.39 is 4.92 Å². The van der Waals surface area contributed by atoms with Crippen molar-refractivity contribution >= 4 is 33.1 Å². The lowest BCUT2D eigenvalue weighted by Crippen LogP contribution is -1.87. The fourth-order valence-corrected chi connectivity index (χ4v) is 2.73. The number of halogens is 1. The van der Waals surface area contributed by atoms with Crippen LogP contribution in [0, 0.1) is 21.4 Å². The summed E-state index contributed by atoms with van der Waals surface area (Å²) in [7, 11) is 0. The molecule has 0 fully saturated rings. The van der Waals surface area contributed by atoms with Crippen LogP contribution in [0.1, 0.15) is 4.88 Å². The number of nitriles is 1. The second kappa shape index (κ2) is 4.61. The van der Waals surface area contributed by atoms with Gasteiger partial charge in [-0.3, -0.25) is 10.1 Å². The summed E-state index contributed by atoms with van der Waals surface area (Å²) in [4.78, 5) is 10.5. The Kier molecular flexibility index (Phi) is 3.17. The van der Waals surface area contributed by atoms with Gasteiger partial charge in [0.15, 0.2) is 0 Å². The summed E-state index contributed by atoms with van der Waals surface area (Å²) in [6, 6.07) is 8.06. The van der Waals surface area contributed by atoms with Gasteiger partial charge in [-0.25, -0.2) is 0 Å². The summed E-state index contributed by atoms with van der Waals surface area (Å²) in [5.74, 6) is 0. The lowest BCUT2D eigenvalue weighted by Gasteiger charge is -1.99. The average molecular weight is 310 g/mol. The Morgan fingerprint density at radius 1 is 1.41 bits per heavy atom. The average Bonchev–Trinajstić information content (AvgIpc) is 2.70. The van der Waals surface area contributed by atoms with E-state index in [0.717, 1.165) is 17.1 Å². The van der Waals surface area contributed by atoms with E-state index in [0.29, 0.717) is 15.0 Å². The summed E-state index contributed by atoms with van der Waals surface area (Å²) in [5, 5.41) is 19.4. The van der Waals surface area contributed by atoms with E-state index in [2.05, 4.69) is 20.3 Å². The Hall–Kier alpha value is -1.78. The molecule has 0 saturated carbocycles. The molecule has 0 saturated heterocycles. The van der Waals surface area contributed by atoms with Crippen LogP contribution in [0.4, 0.5) is 5.69 Å². The predicted octanol–water partition coefficient (Wildman–Crippen LogP) is 3.35. The molecule has 0 unspecified atom stereocenters. The van der Waals surface area contributed by atoms with Gasteiger partial charge in [-0.2, -0.15) is 9.64 Å². The molecule has 0 bridgehead atoms. The van der Waals surface area contributed by atoms with Crippen molar-refractivity contribution in [3.05, 3.63) is 43.9 Å². The normalized spacial score (nSPS) is 9.88. The minimum Gasteiger partial charge on any atom is -0.258 e. The standard InChI is InChI=1S/C10H4BrN3O2S/c11-10-9(8(5-12)17-13-10)6-1-3-7(4-2-6)14(15)16/h1-4H. The molecule has 0 radical (unpaired) electrons. The van der Waals surface area contributed by atoms with Crippen LogP contribution in [0.3, 0.4) is 0 Å². The molecule has 0 atom stereocenters. The van der Waals surface area contributed by atoms with Crippen molar-refractivity contribution in [1.82, 2.24) is 4.37 Å². The summed E-state index contributed by atoms with van der Waals surface area (Å²) in [6.45, 7) is 0. The van der Waals surface area contributed by atoms with Crippen molar-refractivity contribution in [3.8, 4) is 17.2 Å². The number of hydrogen-bond donors (Lipinski definition) is 0. The molecule has 5 nitrogen and oxygen atoms in total. The maximum atomic E-state index is 10.5. The van der Waals surface area contributed by atoms with Crippen LogP contribution in [-0.2, 0) is 0 Å².